The van der Waals surface area contributed by atoms with Gasteiger partial charge >= 0.3 is 0 Å². The standard InChI is InChI=1S/C16H18ClN3S/c17-15-5-3-14(4-6-15)13-19-7-9-20(10-8-19)18-12-16-2-1-11-21-16/h1-6,11-12H,7-10,13H2/p+1. The van der Waals surface area contributed by atoms with Gasteiger partial charge in [0.15, 0.2) is 0 Å². The summed E-state index contributed by atoms with van der Waals surface area (Å²) in [7, 11) is 0. The second-order valence-electron chi connectivity index (χ2n) is 5.27. The molecule has 0 aliphatic carbocycles. The first-order chi connectivity index (χ1) is 10.3. The predicted octanol–water partition coefficient (Wildman–Crippen LogP) is 2.14. The molecule has 1 aromatic heterocycles. The molecule has 1 N–H and O–H groups in total. The number of rotatable bonds is 4. The maximum atomic E-state index is 5.92. The molecule has 0 amide bonds. The Morgan fingerprint density at radius 1 is 1.19 bits per heavy atom. The largest absolute Gasteiger partial charge is 0.328 e. The number of thiophene rings is 1. The number of nitrogens with zero attached hydrogens (tertiary/aromatic N) is 2. The van der Waals surface area contributed by atoms with Crippen LogP contribution in [-0.4, -0.2) is 37.4 Å². The van der Waals surface area contributed by atoms with E-state index in [0.717, 1.165) is 37.7 Å². The molecule has 0 bridgehead atoms. The molecule has 1 aliphatic heterocycles. The van der Waals surface area contributed by atoms with Crippen LogP contribution in [-0.2, 0) is 6.54 Å². The molecule has 1 aliphatic rings. The molecule has 0 saturated carbocycles. The SMILES string of the molecule is Clc1ccc(C[NH+]2CCN(N=Cc3cccs3)CC2)cc1. The van der Waals surface area contributed by atoms with Crippen LogP contribution in [0.3, 0.4) is 0 Å². The van der Waals surface area contributed by atoms with Gasteiger partial charge in [0, 0.05) is 15.5 Å². The summed E-state index contributed by atoms with van der Waals surface area (Å²) in [6.45, 7) is 5.37. The smallest absolute Gasteiger partial charge is 0.103 e. The van der Waals surface area contributed by atoms with Gasteiger partial charge < -0.3 is 4.90 Å². The fourth-order valence-electron chi connectivity index (χ4n) is 2.50. The highest BCUT2D eigenvalue weighted by Gasteiger charge is 2.18. The summed E-state index contributed by atoms with van der Waals surface area (Å²) in [4.78, 5) is 2.82. The van der Waals surface area contributed by atoms with Crippen LogP contribution in [0.2, 0.25) is 5.02 Å². The van der Waals surface area contributed by atoms with Crippen molar-refractivity contribution >= 4 is 29.2 Å². The fourth-order valence-corrected chi connectivity index (χ4v) is 3.20. The van der Waals surface area contributed by atoms with E-state index in [9.17, 15) is 0 Å². The van der Waals surface area contributed by atoms with Gasteiger partial charge in [-0.25, -0.2) is 0 Å². The van der Waals surface area contributed by atoms with Gasteiger partial charge in [0.05, 0.1) is 32.4 Å². The highest BCUT2D eigenvalue weighted by molar-refractivity contribution is 7.11. The average molecular weight is 321 g/mol. The molecule has 2 heterocycles. The topological polar surface area (TPSA) is 20.0 Å². The van der Waals surface area contributed by atoms with Crippen molar-refractivity contribution < 1.29 is 4.90 Å². The molecule has 2 aromatic rings. The molecule has 1 aromatic carbocycles. The molecule has 0 spiro atoms. The lowest BCUT2D eigenvalue weighted by Gasteiger charge is -2.30. The van der Waals surface area contributed by atoms with Crippen LogP contribution in [0, 0.1) is 0 Å². The van der Waals surface area contributed by atoms with Gasteiger partial charge in [0.25, 0.3) is 0 Å². The number of benzene rings is 1. The lowest BCUT2D eigenvalue weighted by molar-refractivity contribution is -0.918. The van der Waals surface area contributed by atoms with Crippen molar-refractivity contribution in [1.82, 2.24) is 5.01 Å². The van der Waals surface area contributed by atoms with Crippen LogP contribution in [0.5, 0.6) is 0 Å². The second-order valence-corrected chi connectivity index (χ2v) is 6.68. The zero-order valence-corrected chi connectivity index (χ0v) is 13.4. The van der Waals surface area contributed by atoms with E-state index in [2.05, 4.69) is 39.8 Å². The summed E-state index contributed by atoms with van der Waals surface area (Å²) in [5, 5.41) is 9.62. The summed E-state index contributed by atoms with van der Waals surface area (Å²) in [5.41, 5.74) is 1.35. The summed E-state index contributed by atoms with van der Waals surface area (Å²) in [6, 6.07) is 12.3. The van der Waals surface area contributed by atoms with E-state index in [1.807, 2.05) is 18.3 Å². The first kappa shape index (κ1) is 14.6. The van der Waals surface area contributed by atoms with E-state index in [0.29, 0.717) is 0 Å². The summed E-state index contributed by atoms with van der Waals surface area (Å²) in [6.07, 6.45) is 1.97. The summed E-state index contributed by atoms with van der Waals surface area (Å²) < 4.78 is 0. The van der Waals surface area contributed by atoms with Gasteiger partial charge in [-0.15, -0.1) is 11.3 Å². The lowest BCUT2D eigenvalue weighted by Crippen LogP contribution is -3.13. The predicted molar refractivity (Wildman–Crippen MR) is 89.3 cm³/mol. The Hall–Kier alpha value is -1.36. The Kier molecular flexibility index (Phi) is 4.91. The maximum absolute atomic E-state index is 5.92. The number of quaternary nitrogens is 1. The van der Waals surface area contributed by atoms with Crippen LogP contribution in [0.1, 0.15) is 10.4 Å². The first-order valence-corrected chi connectivity index (χ1v) is 8.46. The lowest BCUT2D eigenvalue weighted by atomic mass is 10.2. The molecule has 0 radical (unpaired) electrons. The van der Waals surface area contributed by atoms with Crippen LogP contribution in [0.25, 0.3) is 0 Å². The van der Waals surface area contributed by atoms with Gasteiger partial charge in [-0.3, -0.25) is 5.01 Å². The Balaban J connectivity index is 1.47. The Labute approximate surface area is 134 Å². The zero-order valence-electron chi connectivity index (χ0n) is 11.8. The van der Waals surface area contributed by atoms with Crippen LogP contribution in [0.4, 0.5) is 0 Å². The Morgan fingerprint density at radius 3 is 2.62 bits per heavy atom. The Bertz CT molecular complexity index is 572. The maximum Gasteiger partial charge on any atom is 0.103 e. The highest BCUT2D eigenvalue weighted by Crippen LogP contribution is 2.09. The third kappa shape index (κ3) is 4.30. The Morgan fingerprint density at radius 2 is 1.95 bits per heavy atom. The number of hydrogen-bond acceptors (Lipinski definition) is 3. The molecular weight excluding hydrogens is 302 g/mol. The first-order valence-electron chi connectivity index (χ1n) is 7.20. The van der Waals surface area contributed by atoms with Crippen LogP contribution >= 0.6 is 22.9 Å². The van der Waals surface area contributed by atoms with Crippen molar-refractivity contribution in [3.8, 4) is 0 Å². The van der Waals surface area contributed by atoms with Crippen LogP contribution < -0.4 is 4.90 Å². The van der Waals surface area contributed by atoms with E-state index in [1.54, 1.807) is 16.2 Å². The van der Waals surface area contributed by atoms with E-state index >= 15 is 0 Å². The molecule has 5 heteroatoms. The quantitative estimate of drug-likeness (QED) is 0.856. The molecular formula is C16H19ClN3S+. The molecule has 3 rings (SSSR count). The fraction of sp³-hybridized carbons (Fsp3) is 0.312. The normalized spacial score (nSPS) is 16.7. The van der Waals surface area contributed by atoms with Crippen molar-refractivity contribution in [2.45, 2.75) is 6.54 Å². The molecule has 0 unspecified atom stereocenters. The highest BCUT2D eigenvalue weighted by atomic mass is 35.5. The van der Waals surface area contributed by atoms with E-state index in [4.69, 9.17) is 11.6 Å². The zero-order chi connectivity index (χ0) is 14.5. The van der Waals surface area contributed by atoms with Gasteiger partial charge in [-0.1, -0.05) is 29.8 Å². The number of halogens is 1. The van der Waals surface area contributed by atoms with Gasteiger partial charge in [-0.05, 0) is 23.6 Å². The minimum atomic E-state index is 0.807. The van der Waals surface area contributed by atoms with Crippen molar-refractivity contribution in [2.75, 3.05) is 26.2 Å². The van der Waals surface area contributed by atoms with E-state index < -0.39 is 0 Å². The van der Waals surface area contributed by atoms with Gasteiger partial charge in [-0.2, -0.15) is 5.10 Å². The van der Waals surface area contributed by atoms with Crippen molar-refractivity contribution in [3.05, 3.63) is 57.2 Å². The molecule has 0 atom stereocenters. The van der Waals surface area contributed by atoms with Crippen molar-refractivity contribution in [2.24, 2.45) is 5.10 Å². The monoisotopic (exact) mass is 320 g/mol. The van der Waals surface area contributed by atoms with Crippen molar-refractivity contribution in [1.29, 1.82) is 0 Å². The second kappa shape index (κ2) is 7.07. The number of piperazine rings is 1. The molecule has 3 nitrogen and oxygen atoms in total. The third-order valence-corrected chi connectivity index (χ3v) is 4.76. The van der Waals surface area contributed by atoms with E-state index in [1.165, 1.54) is 10.4 Å². The third-order valence-electron chi connectivity index (χ3n) is 3.71. The minimum Gasteiger partial charge on any atom is -0.328 e. The van der Waals surface area contributed by atoms with Crippen molar-refractivity contribution in [3.63, 3.8) is 0 Å². The molecule has 1 saturated heterocycles. The molecule has 110 valence electrons. The van der Waals surface area contributed by atoms with Gasteiger partial charge in [0.1, 0.15) is 6.54 Å². The number of hydrogen-bond donors (Lipinski definition) is 1. The summed E-state index contributed by atoms with van der Waals surface area (Å²) >= 11 is 7.65. The molecule has 1 fully saturated rings. The average Bonchev–Trinajstić information content (AvgIpc) is 3.02. The van der Waals surface area contributed by atoms with E-state index in [-0.39, 0.29) is 0 Å². The number of nitrogens with one attached hydrogen (secondary N) is 1. The number of hydrazone groups is 1. The van der Waals surface area contributed by atoms with Crippen LogP contribution in [0.15, 0.2) is 46.9 Å². The summed E-state index contributed by atoms with van der Waals surface area (Å²) in [5.74, 6) is 0. The molecule has 21 heavy (non-hydrogen) atoms. The van der Waals surface area contributed by atoms with Gasteiger partial charge in [0.2, 0.25) is 0 Å². The minimum absolute atomic E-state index is 0.807.